The molecular weight excluding hydrogens is 436 g/mol. The van der Waals surface area contributed by atoms with Crippen molar-refractivity contribution in [2.24, 2.45) is 11.8 Å². The Labute approximate surface area is 196 Å². The van der Waals surface area contributed by atoms with Crippen LogP contribution < -0.4 is 4.74 Å². The van der Waals surface area contributed by atoms with Crippen LogP contribution in [-0.4, -0.2) is 56.8 Å². The standard InChI is InChI=1S/C26H32N2O4S/c1-19-15-20(2)18-28(17-19)33(30,31)25-16-23(9-10-24(25)32-3)26(29)27-13-11-22(12-14-27)21-7-5-4-6-8-21/h4-11,16,19-20H,12-15,17-18H2,1-3H3/t19-,20+. The summed E-state index contributed by atoms with van der Waals surface area (Å²) in [5.74, 6) is 0.678. The summed E-state index contributed by atoms with van der Waals surface area (Å²) < 4.78 is 34.0. The molecule has 2 aromatic carbocycles. The monoisotopic (exact) mass is 468 g/mol. The Kier molecular flexibility index (Phi) is 6.91. The molecule has 0 radical (unpaired) electrons. The third-order valence-corrected chi connectivity index (χ3v) is 8.36. The van der Waals surface area contributed by atoms with Crippen molar-refractivity contribution in [1.82, 2.24) is 9.21 Å². The summed E-state index contributed by atoms with van der Waals surface area (Å²) in [7, 11) is -2.32. The molecule has 0 N–H and O–H groups in total. The summed E-state index contributed by atoms with van der Waals surface area (Å²) in [6.07, 6.45) is 3.85. The number of hydrogen-bond acceptors (Lipinski definition) is 4. The van der Waals surface area contributed by atoms with E-state index in [0.717, 1.165) is 12.8 Å². The van der Waals surface area contributed by atoms with Gasteiger partial charge >= 0.3 is 0 Å². The van der Waals surface area contributed by atoms with Crippen LogP contribution in [-0.2, 0) is 10.0 Å². The molecule has 33 heavy (non-hydrogen) atoms. The van der Waals surface area contributed by atoms with Crippen molar-refractivity contribution < 1.29 is 17.9 Å². The molecule has 2 atom stereocenters. The lowest BCUT2D eigenvalue weighted by molar-refractivity contribution is 0.0772. The minimum absolute atomic E-state index is 0.0645. The first kappa shape index (κ1) is 23.5. The average molecular weight is 469 g/mol. The SMILES string of the molecule is COc1ccc(C(=O)N2CC=C(c3ccccc3)CC2)cc1S(=O)(=O)N1C[C@H](C)C[C@H](C)C1. The van der Waals surface area contributed by atoms with Crippen LogP contribution in [0.5, 0.6) is 5.75 Å². The molecule has 0 aliphatic carbocycles. The zero-order valence-electron chi connectivity index (χ0n) is 19.5. The zero-order chi connectivity index (χ0) is 23.6. The molecule has 2 aromatic rings. The van der Waals surface area contributed by atoms with Gasteiger partial charge in [0.1, 0.15) is 10.6 Å². The lowest BCUT2D eigenvalue weighted by atomic mass is 9.94. The van der Waals surface area contributed by atoms with Crippen LogP contribution >= 0.6 is 0 Å². The Hall–Kier alpha value is -2.64. The maximum atomic E-state index is 13.5. The summed E-state index contributed by atoms with van der Waals surface area (Å²) in [6.45, 7) is 6.19. The fourth-order valence-corrected chi connectivity index (χ4v) is 6.76. The van der Waals surface area contributed by atoms with E-state index in [1.54, 1.807) is 17.0 Å². The van der Waals surface area contributed by atoms with Crippen LogP contribution in [0.25, 0.3) is 5.57 Å². The average Bonchev–Trinajstić information content (AvgIpc) is 2.83. The normalized spacial score (nSPS) is 22.0. The van der Waals surface area contributed by atoms with Gasteiger partial charge in [0, 0.05) is 31.7 Å². The lowest BCUT2D eigenvalue weighted by Crippen LogP contribution is -2.42. The molecule has 7 heteroatoms. The van der Waals surface area contributed by atoms with Crippen molar-refractivity contribution in [1.29, 1.82) is 0 Å². The van der Waals surface area contributed by atoms with Gasteiger partial charge in [-0.1, -0.05) is 50.3 Å². The third-order valence-electron chi connectivity index (χ3n) is 6.50. The second-order valence-electron chi connectivity index (χ2n) is 9.23. The highest BCUT2D eigenvalue weighted by Crippen LogP contribution is 2.32. The number of methoxy groups -OCH3 is 1. The van der Waals surface area contributed by atoms with E-state index in [1.165, 1.54) is 28.6 Å². The minimum Gasteiger partial charge on any atom is -0.495 e. The predicted octanol–water partition coefficient (Wildman–Crippen LogP) is 4.29. The molecule has 2 aliphatic heterocycles. The largest absolute Gasteiger partial charge is 0.495 e. The van der Waals surface area contributed by atoms with Crippen molar-refractivity contribution in [2.75, 3.05) is 33.3 Å². The van der Waals surface area contributed by atoms with E-state index >= 15 is 0 Å². The van der Waals surface area contributed by atoms with Gasteiger partial charge in [0.25, 0.3) is 5.91 Å². The molecule has 6 nitrogen and oxygen atoms in total. The third kappa shape index (κ3) is 4.99. The molecule has 1 fully saturated rings. The number of rotatable bonds is 5. The number of carbonyl (C=O) groups excluding carboxylic acids is 1. The van der Waals surface area contributed by atoms with Crippen molar-refractivity contribution in [3.05, 3.63) is 65.7 Å². The van der Waals surface area contributed by atoms with Gasteiger partial charge in [-0.2, -0.15) is 4.31 Å². The molecule has 0 unspecified atom stereocenters. The smallest absolute Gasteiger partial charge is 0.254 e. The van der Waals surface area contributed by atoms with Crippen LogP contribution in [0.1, 0.15) is 42.6 Å². The number of benzene rings is 2. The first-order valence-corrected chi connectivity index (χ1v) is 13.0. The first-order chi connectivity index (χ1) is 15.8. The fraction of sp³-hybridized carbons (Fsp3) is 0.423. The lowest BCUT2D eigenvalue weighted by Gasteiger charge is -2.34. The van der Waals surface area contributed by atoms with E-state index in [1.807, 2.05) is 18.2 Å². The number of carbonyl (C=O) groups is 1. The van der Waals surface area contributed by atoms with Crippen LogP contribution in [0, 0.1) is 11.8 Å². The molecule has 0 aromatic heterocycles. The van der Waals surface area contributed by atoms with Gasteiger partial charge in [0.2, 0.25) is 10.0 Å². The highest BCUT2D eigenvalue weighted by Gasteiger charge is 2.34. The Morgan fingerprint density at radius 2 is 1.73 bits per heavy atom. The Bertz CT molecular complexity index is 1130. The number of nitrogens with zero attached hydrogens (tertiary/aromatic N) is 2. The van der Waals surface area contributed by atoms with Crippen molar-refractivity contribution >= 4 is 21.5 Å². The number of ether oxygens (including phenoxy) is 1. The maximum absolute atomic E-state index is 13.5. The minimum atomic E-state index is -3.78. The molecule has 0 saturated carbocycles. The van der Waals surface area contributed by atoms with Gasteiger partial charge in [-0.15, -0.1) is 0 Å². The quantitative estimate of drug-likeness (QED) is 0.657. The van der Waals surface area contributed by atoms with Crippen LogP contribution in [0.2, 0.25) is 0 Å². The van der Waals surface area contributed by atoms with E-state index in [0.29, 0.717) is 43.6 Å². The Morgan fingerprint density at radius 1 is 1.03 bits per heavy atom. The summed E-state index contributed by atoms with van der Waals surface area (Å²) >= 11 is 0. The zero-order valence-corrected chi connectivity index (χ0v) is 20.3. The number of amides is 1. The first-order valence-electron chi connectivity index (χ1n) is 11.5. The summed E-state index contributed by atoms with van der Waals surface area (Å²) in [5, 5.41) is 0. The number of sulfonamides is 1. The van der Waals surface area contributed by atoms with Gasteiger partial charge in [-0.3, -0.25) is 4.79 Å². The van der Waals surface area contributed by atoms with Gasteiger partial charge in [-0.25, -0.2) is 8.42 Å². The van der Waals surface area contributed by atoms with Gasteiger partial charge < -0.3 is 9.64 Å². The number of piperidine rings is 1. The van der Waals surface area contributed by atoms with E-state index in [2.05, 4.69) is 32.1 Å². The van der Waals surface area contributed by atoms with Crippen LogP contribution in [0.15, 0.2) is 59.5 Å². The van der Waals surface area contributed by atoms with Crippen molar-refractivity contribution in [3.63, 3.8) is 0 Å². The second kappa shape index (κ2) is 9.69. The van der Waals surface area contributed by atoms with Crippen molar-refractivity contribution in [3.8, 4) is 5.75 Å². The van der Waals surface area contributed by atoms with Gasteiger partial charge in [0.15, 0.2) is 0 Å². The Morgan fingerprint density at radius 3 is 2.33 bits per heavy atom. The molecule has 4 rings (SSSR count). The highest BCUT2D eigenvalue weighted by atomic mass is 32.2. The van der Waals surface area contributed by atoms with E-state index < -0.39 is 10.0 Å². The maximum Gasteiger partial charge on any atom is 0.254 e. The van der Waals surface area contributed by atoms with E-state index in [4.69, 9.17) is 4.74 Å². The summed E-state index contributed by atoms with van der Waals surface area (Å²) in [5.41, 5.74) is 2.77. The fourth-order valence-electron chi connectivity index (χ4n) is 4.90. The van der Waals surface area contributed by atoms with Gasteiger partial charge in [0.05, 0.1) is 7.11 Å². The van der Waals surface area contributed by atoms with Crippen LogP contribution in [0.3, 0.4) is 0 Å². The van der Waals surface area contributed by atoms with Gasteiger partial charge in [-0.05, 0) is 54.0 Å². The summed E-state index contributed by atoms with van der Waals surface area (Å²) in [6, 6.07) is 14.9. The second-order valence-corrected chi connectivity index (χ2v) is 11.1. The highest BCUT2D eigenvalue weighted by molar-refractivity contribution is 7.89. The van der Waals surface area contributed by atoms with Crippen molar-refractivity contribution in [2.45, 2.75) is 31.6 Å². The Balaban J connectivity index is 1.58. The number of hydrogen-bond donors (Lipinski definition) is 0. The predicted molar refractivity (Wildman–Crippen MR) is 130 cm³/mol. The van der Waals surface area contributed by atoms with E-state index in [-0.39, 0.29) is 16.6 Å². The molecular formula is C26H32N2O4S. The molecule has 2 aliphatic rings. The van der Waals surface area contributed by atoms with E-state index in [9.17, 15) is 13.2 Å². The molecule has 2 heterocycles. The molecule has 1 saturated heterocycles. The topological polar surface area (TPSA) is 66.9 Å². The molecule has 0 bridgehead atoms. The molecule has 1 amide bonds. The van der Waals surface area contributed by atoms with Crippen LogP contribution in [0.4, 0.5) is 0 Å². The molecule has 0 spiro atoms. The molecule has 176 valence electrons. The summed E-state index contributed by atoms with van der Waals surface area (Å²) in [4.78, 5) is 15.1.